The van der Waals surface area contributed by atoms with Gasteiger partial charge in [-0.05, 0) is 24.0 Å². The van der Waals surface area contributed by atoms with Crippen LogP contribution in [0.5, 0.6) is 0 Å². The molecular formula is C11H12N2O. The number of nitrogens with one attached hydrogen (secondary N) is 2. The van der Waals surface area contributed by atoms with E-state index in [1.165, 1.54) is 5.56 Å². The van der Waals surface area contributed by atoms with Crippen molar-refractivity contribution in [1.29, 1.82) is 0 Å². The van der Waals surface area contributed by atoms with Gasteiger partial charge in [0.15, 0.2) is 0 Å². The third-order valence-corrected chi connectivity index (χ3v) is 3.27. The standard InChI is InChI=1S/C11H12N2O/c14-10-11(13-7-12-10)6-5-8-3-1-2-4-9(8)11/h1-4,13H,5-7H2,(H,12,14). The zero-order chi connectivity index (χ0) is 9.60. The smallest absolute Gasteiger partial charge is 0.245 e. The molecule has 3 heteroatoms. The first-order valence-corrected chi connectivity index (χ1v) is 4.95. The van der Waals surface area contributed by atoms with Crippen LogP contribution >= 0.6 is 0 Å². The largest absolute Gasteiger partial charge is 0.342 e. The van der Waals surface area contributed by atoms with E-state index in [9.17, 15) is 4.79 Å². The summed E-state index contributed by atoms with van der Waals surface area (Å²) >= 11 is 0. The maximum absolute atomic E-state index is 11.8. The lowest BCUT2D eigenvalue weighted by Gasteiger charge is -2.21. The van der Waals surface area contributed by atoms with Gasteiger partial charge < -0.3 is 5.32 Å². The molecule has 3 rings (SSSR count). The Morgan fingerprint density at radius 1 is 1.29 bits per heavy atom. The Kier molecular flexibility index (Phi) is 1.47. The highest BCUT2D eigenvalue weighted by atomic mass is 16.2. The number of amides is 1. The van der Waals surface area contributed by atoms with Crippen LogP contribution in [0.2, 0.25) is 0 Å². The van der Waals surface area contributed by atoms with Crippen molar-refractivity contribution < 1.29 is 4.79 Å². The second kappa shape index (κ2) is 2.58. The highest BCUT2D eigenvalue weighted by Gasteiger charge is 2.47. The normalized spacial score (nSPS) is 29.3. The molecule has 3 nitrogen and oxygen atoms in total. The first kappa shape index (κ1) is 8.00. The summed E-state index contributed by atoms with van der Waals surface area (Å²) < 4.78 is 0. The quantitative estimate of drug-likeness (QED) is 0.622. The summed E-state index contributed by atoms with van der Waals surface area (Å²) in [6.07, 6.45) is 1.88. The van der Waals surface area contributed by atoms with Crippen LogP contribution in [-0.2, 0) is 16.8 Å². The fourth-order valence-electron chi connectivity index (χ4n) is 2.54. The molecule has 14 heavy (non-hydrogen) atoms. The number of rotatable bonds is 0. The van der Waals surface area contributed by atoms with Crippen LogP contribution in [0.25, 0.3) is 0 Å². The lowest BCUT2D eigenvalue weighted by molar-refractivity contribution is -0.124. The average Bonchev–Trinajstić information content (AvgIpc) is 2.76. The summed E-state index contributed by atoms with van der Waals surface area (Å²) in [5, 5.41) is 6.12. The molecule has 1 unspecified atom stereocenters. The molecule has 0 bridgehead atoms. The highest BCUT2D eigenvalue weighted by Crippen LogP contribution is 2.38. The number of benzene rings is 1. The van der Waals surface area contributed by atoms with Crippen molar-refractivity contribution in [1.82, 2.24) is 10.6 Å². The van der Waals surface area contributed by atoms with Gasteiger partial charge in [0.1, 0.15) is 5.54 Å². The Bertz CT molecular complexity index is 402. The van der Waals surface area contributed by atoms with Crippen LogP contribution in [0.4, 0.5) is 0 Å². The Hall–Kier alpha value is -1.35. The summed E-state index contributed by atoms with van der Waals surface area (Å²) in [7, 11) is 0. The molecule has 1 aromatic carbocycles. The van der Waals surface area contributed by atoms with Crippen molar-refractivity contribution in [2.24, 2.45) is 0 Å². The Labute approximate surface area is 82.5 Å². The number of hydrogen-bond acceptors (Lipinski definition) is 2. The minimum Gasteiger partial charge on any atom is -0.342 e. The van der Waals surface area contributed by atoms with E-state index in [0.29, 0.717) is 6.67 Å². The van der Waals surface area contributed by atoms with E-state index >= 15 is 0 Å². The lowest BCUT2D eigenvalue weighted by atomic mass is 9.92. The van der Waals surface area contributed by atoms with E-state index in [1.807, 2.05) is 12.1 Å². The van der Waals surface area contributed by atoms with Crippen LogP contribution in [0.3, 0.4) is 0 Å². The van der Waals surface area contributed by atoms with Gasteiger partial charge in [-0.1, -0.05) is 24.3 Å². The summed E-state index contributed by atoms with van der Waals surface area (Å²) in [6, 6.07) is 8.20. The van der Waals surface area contributed by atoms with E-state index in [0.717, 1.165) is 18.4 Å². The third-order valence-electron chi connectivity index (χ3n) is 3.27. The Balaban J connectivity index is 2.17. The van der Waals surface area contributed by atoms with Crippen LogP contribution in [-0.4, -0.2) is 12.6 Å². The van der Waals surface area contributed by atoms with E-state index in [1.54, 1.807) is 0 Å². The van der Waals surface area contributed by atoms with Crippen LogP contribution in [0.15, 0.2) is 24.3 Å². The Morgan fingerprint density at radius 2 is 2.14 bits per heavy atom. The lowest BCUT2D eigenvalue weighted by Crippen LogP contribution is -2.41. The molecule has 1 aliphatic carbocycles. The zero-order valence-corrected chi connectivity index (χ0v) is 7.84. The van der Waals surface area contributed by atoms with E-state index in [-0.39, 0.29) is 5.91 Å². The number of carbonyl (C=O) groups is 1. The summed E-state index contributed by atoms with van der Waals surface area (Å²) in [5.41, 5.74) is 2.04. The monoisotopic (exact) mass is 188 g/mol. The van der Waals surface area contributed by atoms with Crippen molar-refractivity contribution in [3.8, 4) is 0 Å². The molecule has 1 saturated heterocycles. The second-order valence-corrected chi connectivity index (χ2v) is 3.92. The molecule has 1 atom stereocenters. The summed E-state index contributed by atoms with van der Waals surface area (Å²) in [4.78, 5) is 11.8. The maximum Gasteiger partial charge on any atom is 0.245 e. The van der Waals surface area contributed by atoms with Gasteiger partial charge in [-0.3, -0.25) is 10.1 Å². The predicted molar refractivity (Wildman–Crippen MR) is 52.6 cm³/mol. The van der Waals surface area contributed by atoms with Gasteiger partial charge in [0.25, 0.3) is 0 Å². The molecule has 1 fully saturated rings. The van der Waals surface area contributed by atoms with Gasteiger partial charge >= 0.3 is 0 Å². The second-order valence-electron chi connectivity index (χ2n) is 3.92. The minimum atomic E-state index is -0.420. The Morgan fingerprint density at radius 3 is 2.93 bits per heavy atom. The molecule has 0 radical (unpaired) electrons. The number of aryl methyl sites for hydroxylation is 1. The number of hydrogen-bond donors (Lipinski definition) is 2. The molecule has 72 valence electrons. The topological polar surface area (TPSA) is 41.1 Å². The first-order chi connectivity index (χ1) is 6.83. The molecule has 2 N–H and O–H groups in total. The molecular weight excluding hydrogens is 176 g/mol. The number of carbonyl (C=O) groups excluding carboxylic acids is 1. The van der Waals surface area contributed by atoms with Crippen LogP contribution in [0.1, 0.15) is 17.5 Å². The predicted octanol–water partition coefficient (Wildman–Crippen LogP) is 0.505. The van der Waals surface area contributed by atoms with Crippen molar-refractivity contribution in [3.05, 3.63) is 35.4 Å². The molecule has 1 spiro atoms. The highest BCUT2D eigenvalue weighted by molar-refractivity contribution is 5.90. The van der Waals surface area contributed by atoms with E-state index in [2.05, 4.69) is 22.8 Å². The summed E-state index contributed by atoms with van der Waals surface area (Å²) in [5.74, 6) is 0.127. The molecule has 2 aliphatic rings. The van der Waals surface area contributed by atoms with Gasteiger partial charge in [-0.25, -0.2) is 0 Å². The number of fused-ring (bicyclic) bond motifs is 2. The van der Waals surface area contributed by atoms with E-state index < -0.39 is 5.54 Å². The molecule has 1 amide bonds. The van der Waals surface area contributed by atoms with Gasteiger partial charge in [0.05, 0.1) is 6.67 Å². The van der Waals surface area contributed by atoms with E-state index in [4.69, 9.17) is 0 Å². The third kappa shape index (κ3) is 0.826. The molecule has 0 aromatic heterocycles. The SMILES string of the molecule is O=C1NCNC12CCc1ccccc12. The molecule has 0 saturated carbocycles. The summed E-state index contributed by atoms with van der Waals surface area (Å²) in [6.45, 7) is 0.590. The first-order valence-electron chi connectivity index (χ1n) is 4.95. The van der Waals surface area contributed by atoms with Gasteiger partial charge in [-0.2, -0.15) is 0 Å². The zero-order valence-electron chi connectivity index (χ0n) is 7.84. The van der Waals surface area contributed by atoms with Crippen molar-refractivity contribution in [2.45, 2.75) is 18.4 Å². The molecule has 1 aromatic rings. The van der Waals surface area contributed by atoms with Crippen LogP contribution in [0, 0.1) is 0 Å². The van der Waals surface area contributed by atoms with Crippen molar-refractivity contribution in [2.75, 3.05) is 6.67 Å². The maximum atomic E-state index is 11.8. The van der Waals surface area contributed by atoms with Crippen LogP contribution < -0.4 is 10.6 Å². The average molecular weight is 188 g/mol. The van der Waals surface area contributed by atoms with Gasteiger partial charge in [0.2, 0.25) is 5.91 Å². The van der Waals surface area contributed by atoms with Crippen molar-refractivity contribution >= 4 is 5.91 Å². The van der Waals surface area contributed by atoms with Gasteiger partial charge in [0, 0.05) is 0 Å². The minimum absolute atomic E-state index is 0.127. The fraction of sp³-hybridized carbons (Fsp3) is 0.364. The molecule has 1 aliphatic heterocycles. The molecule has 1 heterocycles. The fourth-order valence-corrected chi connectivity index (χ4v) is 2.54. The van der Waals surface area contributed by atoms with Gasteiger partial charge in [-0.15, -0.1) is 0 Å². The van der Waals surface area contributed by atoms with Crippen molar-refractivity contribution in [3.63, 3.8) is 0 Å².